The summed E-state index contributed by atoms with van der Waals surface area (Å²) in [6.45, 7) is 3.87. The van der Waals surface area contributed by atoms with Crippen LogP contribution in [0, 0.1) is 5.82 Å². The lowest BCUT2D eigenvalue weighted by molar-refractivity contribution is 0.0986. The van der Waals surface area contributed by atoms with Gasteiger partial charge in [-0.1, -0.05) is 12.1 Å². The maximum Gasteiger partial charge on any atom is 0.140 e. The van der Waals surface area contributed by atoms with Crippen LogP contribution in [-0.2, 0) is 14.5 Å². The number of anilines is 1. The third-order valence-corrected chi connectivity index (χ3v) is 7.32. The number of aromatic amines is 1. The van der Waals surface area contributed by atoms with Gasteiger partial charge >= 0.3 is 0 Å². The van der Waals surface area contributed by atoms with Crippen LogP contribution in [-0.4, -0.2) is 56.4 Å². The first kappa shape index (κ1) is 21.5. The molecule has 1 N–H and O–H groups in total. The highest BCUT2D eigenvalue weighted by Gasteiger charge is 2.23. The monoisotopic (exact) mass is 466 g/mol. The first-order chi connectivity index (χ1) is 15.9. The van der Waals surface area contributed by atoms with E-state index in [0.29, 0.717) is 53.6 Å². The second-order valence-electron chi connectivity index (χ2n) is 7.97. The molecule has 4 aromatic rings. The van der Waals surface area contributed by atoms with E-state index in [1.807, 2.05) is 12.1 Å². The van der Waals surface area contributed by atoms with Crippen molar-refractivity contribution < 1.29 is 13.3 Å². The predicted molar refractivity (Wildman–Crippen MR) is 126 cm³/mol. The van der Waals surface area contributed by atoms with E-state index >= 15 is 0 Å². The number of pyridine rings is 2. The Morgan fingerprint density at radius 2 is 2.09 bits per heavy atom. The first-order valence-corrected chi connectivity index (χ1v) is 12.5. The predicted octanol–water partition coefficient (Wildman–Crippen LogP) is 4.17. The van der Waals surface area contributed by atoms with Crippen molar-refractivity contribution in [3.05, 3.63) is 60.7 Å². The minimum absolute atomic E-state index is 0.0686. The molecule has 1 aliphatic heterocycles. The number of nitrogens with one attached hydrogen (secondary N) is 1. The highest BCUT2D eigenvalue weighted by Crippen LogP contribution is 2.36. The lowest BCUT2D eigenvalue weighted by atomic mass is 10.1. The molecule has 0 saturated carbocycles. The van der Waals surface area contributed by atoms with Crippen molar-refractivity contribution >= 4 is 32.1 Å². The molecule has 1 aromatic carbocycles. The Morgan fingerprint density at radius 1 is 1.24 bits per heavy atom. The standard InChI is InChI=1S/C23H23FN6O2S/c1-15-14-32-12-11-30(15)21-13-19(29-33(2,31)20-6-4-3-5-17(20)24)16-7-9-25-23(22(16)27-21)18-8-10-26-28-18/h3-10,13,15H,11-12,14H2,1-2H3,(H,26,28)/t15-,33?/m1/s1. The van der Waals surface area contributed by atoms with Crippen molar-refractivity contribution in [3.8, 4) is 11.4 Å². The fourth-order valence-corrected chi connectivity index (χ4v) is 5.37. The summed E-state index contributed by atoms with van der Waals surface area (Å²) in [6.07, 6.45) is 4.74. The van der Waals surface area contributed by atoms with Gasteiger partial charge in [0.25, 0.3) is 0 Å². The Labute approximate surface area is 191 Å². The van der Waals surface area contributed by atoms with Crippen molar-refractivity contribution in [2.75, 3.05) is 30.9 Å². The molecule has 170 valence electrons. The van der Waals surface area contributed by atoms with E-state index in [0.717, 1.165) is 0 Å². The molecule has 4 heterocycles. The molecule has 33 heavy (non-hydrogen) atoms. The molecular formula is C23H23FN6O2S. The number of nitrogens with zero attached hydrogens (tertiary/aromatic N) is 5. The van der Waals surface area contributed by atoms with Crippen LogP contribution in [0.4, 0.5) is 15.9 Å². The number of rotatable bonds is 4. The summed E-state index contributed by atoms with van der Waals surface area (Å²) in [7, 11) is -3.07. The van der Waals surface area contributed by atoms with E-state index in [1.165, 1.54) is 18.4 Å². The highest BCUT2D eigenvalue weighted by atomic mass is 32.2. The van der Waals surface area contributed by atoms with E-state index in [-0.39, 0.29) is 10.9 Å². The topological polar surface area (TPSA) is 96.4 Å². The summed E-state index contributed by atoms with van der Waals surface area (Å²) in [4.78, 5) is 11.6. The van der Waals surface area contributed by atoms with Gasteiger partial charge in [0.1, 0.15) is 22.8 Å². The Kier molecular flexibility index (Phi) is 5.55. The highest BCUT2D eigenvalue weighted by molar-refractivity contribution is 7.93. The molecule has 1 aliphatic rings. The quantitative estimate of drug-likeness (QED) is 0.485. The van der Waals surface area contributed by atoms with Crippen molar-refractivity contribution in [3.63, 3.8) is 0 Å². The number of H-pyrrole nitrogens is 1. The molecule has 0 amide bonds. The Balaban J connectivity index is 1.78. The molecule has 0 radical (unpaired) electrons. The minimum atomic E-state index is -3.07. The van der Waals surface area contributed by atoms with Crippen molar-refractivity contribution in [1.82, 2.24) is 20.2 Å². The summed E-state index contributed by atoms with van der Waals surface area (Å²) in [5, 5.41) is 7.63. The number of aromatic nitrogens is 4. The average Bonchev–Trinajstić information content (AvgIpc) is 3.34. The van der Waals surface area contributed by atoms with Gasteiger partial charge in [-0.3, -0.25) is 10.1 Å². The number of hydrogen-bond acceptors (Lipinski definition) is 7. The van der Waals surface area contributed by atoms with E-state index in [2.05, 4.69) is 31.4 Å². The van der Waals surface area contributed by atoms with Gasteiger partial charge in [0.2, 0.25) is 0 Å². The summed E-state index contributed by atoms with van der Waals surface area (Å²) in [5.74, 6) is 0.128. The largest absolute Gasteiger partial charge is 0.377 e. The number of morpholine rings is 1. The molecule has 10 heteroatoms. The summed E-state index contributed by atoms with van der Waals surface area (Å²) >= 11 is 0. The Morgan fingerprint density at radius 3 is 2.85 bits per heavy atom. The van der Waals surface area contributed by atoms with Crippen molar-refractivity contribution in [1.29, 1.82) is 0 Å². The number of benzene rings is 1. The third-order valence-electron chi connectivity index (χ3n) is 5.63. The molecule has 0 spiro atoms. The molecule has 1 fully saturated rings. The molecule has 3 aromatic heterocycles. The number of ether oxygens (including phenoxy) is 1. The molecular weight excluding hydrogens is 443 g/mol. The zero-order valence-corrected chi connectivity index (χ0v) is 19.1. The average molecular weight is 467 g/mol. The van der Waals surface area contributed by atoms with Gasteiger partial charge in [-0.05, 0) is 31.2 Å². The molecule has 0 bridgehead atoms. The Hall–Kier alpha value is -3.37. The lowest BCUT2D eigenvalue weighted by Crippen LogP contribution is -2.44. The van der Waals surface area contributed by atoms with Crippen LogP contribution in [0.25, 0.3) is 22.3 Å². The number of hydrogen-bond donors (Lipinski definition) is 1. The normalized spacial score (nSPS) is 18.3. The van der Waals surface area contributed by atoms with Crippen LogP contribution in [0.3, 0.4) is 0 Å². The molecule has 0 aliphatic carbocycles. The van der Waals surface area contributed by atoms with E-state index in [1.54, 1.807) is 30.6 Å². The van der Waals surface area contributed by atoms with Gasteiger partial charge in [-0.2, -0.15) is 9.46 Å². The second kappa shape index (κ2) is 8.53. The van der Waals surface area contributed by atoms with Gasteiger partial charge in [0.15, 0.2) is 0 Å². The zero-order chi connectivity index (χ0) is 23.0. The van der Waals surface area contributed by atoms with Gasteiger partial charge < -0.3 is 9.64 Å². The lowest BCUT2D eigenvalue weighted by Gasteiger charge is -2.34. The van der Waals surface area contributed by atoms with Crippen LogP contribution < -0.4 is 4.90 Å². The maximum atomic E-state index is 14.5. The summed E-state index contributed by atoms with van der Waals surface area (Å²) in [6, 6.07) is 11.5. The van der Waals surface area contributed by atoms with Crippen LogP contribution in [0.1, 0.15) is 6.92 Å². The first-order valence-electron chi connectivity index (χ1n) is 10.5. The summed E-state index contributed by atoms with van der Waals surface area (Å²) < 4.78 is 38.2. The molecule has 8 nitrogen and oxygen atoms in total. The van der Waals surface area contributed by atoms with Crippen molar-refractivity contribution in [2.24, 2.45) is 4.36 Å². The zero-order valence-electron chi connectivity index (χ0n) is 18.2. The van der Waals surface area contributed by atoms with E-state index in [9.17, 15) is 8.60 Å². The fourth-order valence-electron chi connectivity index (χ4n) is 3.98. The van der Waals surface area contributed by atoms with Crippen LogP contribution in [0.2, 0.25) is 0 Å². The van der Waals surface area contributed by atoms with Gasteiger partial charge in [-0.15, -0.1) is 0 Å². The summed E-state index contributed by atoms with van der Waals surface area (Å²) in [5.41, 5.74) is 2.38. The number of fused-ring (bicyclic) bond motifs is 1. The molecule has 1 saturated heterocycles. The smallest absolute Gasteiger partial charge is 0.140 e. The molecule has 2 atom stereocenters. The van der Waals surface area contributed by atoms with Crippen LogP contribution >= 0.6 is 0 Å². The van der Waals surface area contributed by atoms with Gasteiger partial charge in [-0.25, -0.2) is 13.6 Å². The van der Waals surface area contributed by atoms with Gasteiger partial charge in [0.05, 0.1) is 45.3 Å². The SMILES string of the molecule is C[C@@H]1COCCN1c1cc(N=S(C)(=O)c2ccccc2F)c2ccnc(-c3ccn[nH]3)c2n1. The molecule has 1 unspecified atom stereocenters. The van der Waals surface area contributed by atoms with E-state index < -0.39 is 15.5 Å². The maximum absolute atomic E-state index is 14.5. The van der Waals surface area contributed by atoms with Crippen LogP contribution in [0.15, 0.2) is 64.1 Å². The molecule has 5 rings (SSSR count). The van der Waals surface area contributed by atoms with Gasteiger partial charge in [0, 0.05) is 36.6 Å². The fraction of sp³-hybridized carbons (Fsp3) is 0.261. The van der Waals surface area contributed by atoms with Crippen molar-refractivity contribution in [2.45, 2.75) is 17.9 Å². The third kappa shape index (κ3) is 4.07. The van der Waals surface area contributed by atoms with E-state index in [4.69, 9.17) is 9.72 Å². The van der Waals surface area contributed by atoms with Crippen LogP contribution in [0.5, 0.6) is 0 Å². The second-order valence-corrected chi connectivity index (χ2v) is 10.2. The number of halogens is 1. The minimum Gasteiger partial charge on any atom is -0.377 e. The Bertz CT molecular complexity index is 1430.